The molecular formula is C13H14N4O3S. The van der Waals surface area contributed by atoms with Crippen LogP contribution in [0.25, 0.3) is 0 Å². The van der Waals surface area contributed by atoms with Gasteiger partial charge in [0.15, 0.2) is 0 Å². The van der Waals surface area contributed by atoms with Crippen molar-refractivity contribution in [3.8, 4) is 0 Å². The van der Waals surface area contributed by atoms with Gasteiger partial charge in [0, 0.05) is 17.9 Å². The van der Waals surface area contributed by atoms with E-state index in [1.54, 1.807) is 17.5 Å². The maximum absolute atomic E-state index is 11.9. The molecule has 2 aromatic rings. The summed E-state index contributed by atoms with van der Waals surface area (Å²) in [6.07, 6.45) is 0.754. The molecule has 3 N–H and O–H groups in total. The number of hydrogen-bond acceptors (Lipinski definition) is 6. The number of benzene rings is 1. The Balaban J connectivity index is 2.03. The molecule has 1 aromatic carbocycles. The summed E-state index contributed by atoms with van der Waals surface area (Å²) in [6, 6.07) is 6.02. The van der Waals surface area contributed by atoms with Crippen molar-refractivity contribution in [1.29, 1.82) is 0 Å². The molecule has 8 heteroatoms. The van der Waals surface area contributed by atoms with Crippen molar-refractivity contribution < 1.29 is 9.72 Å². The molecule has 2 rings (SSSR count). The molecule has 1 aromatic heterocycles. The number of nitrogens with zero attached hydrogens (tertiary/aromatic N) is 2. The number of nitro groups is 1. The molecule has 0 aliphatic rings. The van der Waals surface area contributed by atoms with Gasteiger partial charge in [0.1, 0.15) is 5.69 Å². The van der Waals surface area contributed by atoms with Crippen LogP contribution in [0.5, 0.6) is 0 Å². The summed E-state index contributed by atoms with van der Waals surface area (Å²) in [6.45, 7) is 0.509. The molecule has 21 heavy (non-hydrogen) atoms. The predicted octanol–water partition coefficient (Wildman–Crippen LogP) is 1.73. The van der Waals surface area contributed by atoms with E-state index >= 15 is 0 Å². The normalized spacial score (nSPS) is 10.3. The molecule has 0 saturated heterocycles. The molecule has 0 aliphatic heterocycles. The highest BCUT2D eigenvalue weighted by Gasteiger charge is 2.15. The zero-order valence-corrected chi connectivity index (χ0v) is 11.9. The summed E-state index contributed by atoms with van der Waals surface area (Å²) >= 11 is 1.45. The van der Waals surface area contributed by atoms with E-state index in [2.05, 4.69) is 10.3 Å². The third-order valence-electron chi connectivity index (χ3n) is 2.67. The molecule has 0 unspecified atom stereocenters. The van der Waals surface area contributed by atoms with Gasteiger partial charge in [0.25, 0.3) is 5.69 Å². The predicted molar refractivity (Wildman–Crippen MR) is 80.3 cm³/mol. The number of carbonyl (C=O) groups excluding carboxylic acids is 1. The molecule has 1 heterocycles. The summed E-state index contributed by atoms with van der Waals surface area (Å²) in [5, 5.41) is 16.1. The first-order valence-electron chi connectivity index (χ1n) is 6.26. The lowest BCUT2D eigenvalue weighted by Gasteiger charge is -2.04. The lowest BCUT2D eigenvalue weighted by Crippen LogP contribution is -2.15. The largest absolute Gasteiger partial charge is 0.330 e. The Hall–Kier alpha value is -2.32. The van der Waals surface area contributed by atoms with E-state index in [9.17, 15) is 14.9 Å². The number of hydrogen-bond donors (Lipinski definition) is 2. The highest BCUT2D eigenvalue weighted by Crippen LogP contribution is 2.23. The van der Waals surface area contributed by atoms with Crippen molar-refractivity contribution in [2.45, 2.75) is 12.8 Å². The number of anilines is 1. The van der Waals surface area contributed by atoms with Crippen LogP contribution in [0.4, 0.5) is 11.4 Å². The van der Waals surface area contributed by atoms with E-state index in [-0.39, 0.29) is 23.7 Å². The summed E-state index contributed by atoms with van der Waals surface area (Å²) in [4.78, 5) is 26.6. The molecule has 0 fully saturated rings. The van der Waals surface area contributed by atoms with Gasteiger partial charge in [-0.2, -0.15) is 0 Å². The number of rotatable bonds is 6. The van der Waals surface area contributed by atoms with Crippen LogP contribution in [0.3, 0.4) is 0 Å². The smallest absolute Gasteiger partial charge is 0.292 e. The summed E-state index contributed by atoms with van der Waals surface area (Å²) in [7, 11) is 0. The fourth-order valence-corrected chi connectivity index (χ4v) is 2.58. The van der Waals surface area contributed by atoms with Crippen LogP contribution in [0.15, 0.2) is 29.6 Å². The Morgan fingerprint density at radius 1 is 1.43 bits per heavy atom. The Labute approximate surface area is 125 Å². The lowest BCUT2D eigenvalue weighted by molar-refractivity contribution is -0.383. The number of carbonyl (C=O) groups is 1. The van der Waals surface area contributed by atoms with Crippen LogP contribution in [0, 0.1) is 10.1 Å². The van der Waals surface area contributed by atoms with Gasteiger partial charge in [0.05, 0.1) is 22.0 Å². The molecule has 0 saturated carbocycles. The van der Waals surface area contributed by atoms with Crippen molar-refractivity contribution >= 4 is 28.6 Å². The van der Waals surface area contributed by atoms with Crippen molar-refractivity contribution in [3.63, 3.8) is 0 Å². The topological polar surface area (TPSA) is 111 Å². The first-order valence-corrected chi connectivity index (χ1v) is 7.14. The second kappa shape index (κ2) is 6.91. The fraction of sp³-hybridized carbons (Fsp3) is 0.231. The first kappa shape index (κ1) is 15.1. The first-order chi connectivity index (χ1) is 10.1. The Morgan fingerprint density at radius 2 is 2.19 bits per heavy atom. The number of aromatic nitrogens is 1. The molecule has 0 radical (unpaired) electrons. The van der Waals surface area contributed by atoms with Gasteiger partial charge in [-0.15, -0.1) is 11.3 Å². The van der Waals surface area contributed by atoms with Gasteiger partial charge in [-0.25, -0.2) is 4.98 Å². The standard InChI is InChI=1S/C13H14N4O3S/c14-6-5-13-15-9(8-21-13)7-12(18)16-10-3-1-2-4-11(10)17(19)20/h1-4,8H,5-7,14H2,(H,16,18). The van der Waals surface area contributed by atoms with E-state index in [1.165, 1.54) is 23.5 Å². The molecule has 0 aliphatic carbocycles. The Kier molecular flexibility index (Phi) is 4.96. The Bertz CT molecular complexity index is 656. The van der Waals surface area contributed by atoms with Crippen LogP contribution in [0.2, 0.25) is 0 Å². The second-order valence-corrected chi connectivity index (χ2v) is 5.21. The third kappa shape index (κ3) is 4.07. The number of para-hydroxylation sites is 2. The molecule has 0 spiro atoms. The minimum Gasteiger partial charge on any atom is -0.330 e. The average Bonchev–Trinajstić information content (AvgIpc) is 2.86. The number of nitrogens with two attached hydrogens (primary N) is 1. The van der Waals surface area contributed by atoms with Gasteiger partial charge < -0.3 is 11.1 Å². The van der Waals surface area contributed by atoms with Crippen LogP contribution < -0.4 is 11.1 Å². The number of amides is 1. The van der Waals surface area contributed by atoms with E-state index in [4.69, 9.17) is 5.73 Å². The van der Waals surface area contributed by atoms with E-state index in [0.717, 1.165) is 5.01 Å². The molecule has 7 nitrogen and oxygen atoms in total. The van der Waals surface area contributed by atoms with E-state index in [0.29, 0.717) is 18.7 Å². The Morgan fingerprint density at radius 3 is 2.90 bits per heavy atom. The molecule has 0 atom stereocenters. The lowest BCUT2D eigenvalue weighted by atomic mass is 10.2. The van der Waals surface area contributed by atoms with E-state index < -0.39 is 4.92 Å². The molecule has 110 valence electrons. The maximum atomic E-state index is 11.9. The van der Waals surface area contributed by atoms with Crippen molar-refractivity contribution in [2.24, 2.45) is 5.73 Å². The van der Waals surface area contributed by atoms with E-state index in [1.807, 2.05) is 0 Å². The van der Waals surface area contributed by atoms with Crippen LogP contribution in [0.1, 0.15) is 10.7 Å². The average molecular weight is 306 g/mol. The minimum absolute atomic E-state index is 0.0765. The summed E-state index contributed by atoms with van der Waals surface area (Å²) < 4.78 is 0. The maximum Gasteiger partial charge on any atom is 0.292 e. The van der Waals surface area contributed by atoms with Crippen molar-refractivity contribution in [3.05, 3.63) is 50.5 Å². The zero-order chi connectivity index (χ0) is 15.2. The molecular weight excluding hydrogens is 292 g/mol. The molecule has 1 amide bonds. The van der Waals surface area contributed by atoms with Gasteiger partial charge in [-0.3, -0.25) is 14.9 Å². The van der Waals surface area contributed by atoms with Gasteiger partial charge in [-0.05, 0) is 12.6 Å². The second-order valence-electron chi connectivity index (χ2n) is 4.27. The minimum atomic E-state index is -0.530. The highest BCUT2D eigenvalue weighted by molar-refractivity contribution is 7.09. The SMILES string of the molecule is NCCc1nc(CC(=O)Nc2ccccc2[N+](=O)[O-])cs1. The monoisotopic (exact) mass is 306 g/mol. The molecule has 0 bridgehead atoms. The zero-order valence-electron chi connectivity index (χ0n) is 11.1. The third-order valence-corrected chi connectivity index (χ3v) is 3.63. The van der Waals surface area contributed by atoms with Gasteiger partial charge in [-0.1, -0.05) is 12.1 Å². The van der Waals surface area contributed by atoms with Crippen LogP contribution >= 0.6 is 11.3 Å². The quantitative estimate of drug-likeness (QED) is 0.623. The van der Waals surface area contributed by atoms with Crippen molar-refractivity contribution in [2.75, 3.05) is 11.9 Å². The van der Waals surface area contributed by atoms with Gasteiger partial charge in [0.2, 0.25) is 5.91 Å². The fourth-order valence-electron chi connectivity index (χ4n) is 1.77. The summed E-state index contributed by atoms with van der Waals surface area (Å²) in [5.74, 6) is -0.339. The highest BCUT2D eigenvalue weighted by atomic mass is 32.1. The summed E-state index contributed by atoms with van der Waals surface area (Å²) in [5.41, 5.74) is 6.13. The number of nitro benzene ring substituents is 1. The van der Waals surface area contributed by atoms with Crippen molar-refractivity contribution in [1.82, 2.24) is 4.98 Å². The number of thiazole rings is 1. The van der Waals surface area contributed by atoms with Crippen LogP contribution in [-0.4, -0.2) is 22.4 Å². The van der Waals surface area contributed by atoms with Gasteiger partial charge >= 0.3 is 0 Å². The number of nitrogens with one attached hydrogen (secondary N) is 1. The van der Waals surface area contributed by atoms with Crippen LogP contribution in [-0.2, 0) is 17.6 Å².